The Balaban J connectivity index is 2.07. The molecule has 2 aromatic rings. The van der Waals surface area contributed by atoms with Gasteiger partial charge in [-0.25, -0.2) is 0 Å². The molecule has 6 nitrogen and oxygen atoms in total. The van der Waals surface area contributed by atoms with E-state index in [9.17, 15) is 20.1 Å². The lowest BCUT2D eigenvalue weighted by Crippen LogP contribution is -2.43. The van der Waals surface area contributed by atoms with Crippen LogP contribution in [-0.2, 0) is 11.2 Å². The lowest BCUT2D eigenvalue weighted by atomic mass is 9.85. The first-order valence-electron chi connectivity index (χ1n) is 9.82. The number of aromatic hydroxyl groups is 2. The van der Waals surface area contributed by atoms with Gasteiger partial charge < -0.3 is 26.4 Å². The van der Waals surface area contributed by atoms with Crippen LogP contribution in [0.1, 0.15) is 56.4 Å². The highest BCUT2D eigenvalue weighted by molar-refractivity contribution is 5.82. The molecule has 6 N–H and O–H groups in total. The average Bonchev–Trinajstić information content (AvgIpc) is 2.58. The second kappa shape index (κ2) is 9.29. The Morgan fingerprint density at radius 3 is 2.24 bits per heavy atom. The van der Waals surface area contributed by atoms with Crippen LogP contribution in [0.15, 0.2) is 42.5 Å². The molecule has 0 aliphatic heterocycles. The Morgan fingerprint density at radius 1 is 1.07 bits per heavy atom. The molecule has 0 aliphatic carbocycles. The monoisotopic (exact) mass is 400 g/mol. The summed E-state index contributed by atoms with van der Waals surface area (Å²) in [4.78, 5) is 11.8. The molecule has 1 amide bonds. The summed E-state index contributed by atoms with van der Waals surface area (Å²) in [6.45, 7) is 8.27. The summed E-state index contributed by atoms with van der Waals surface area (Å²) in [5.74, 6) is -0.727. The lowest BCUT2D eigenvalue weighted by molar-refractivity contribution is -0.120. The number of hydrogen-bond donors (Lipinski definition) is 5. The smallest absolute Gasteiger partial charge is 0.225 e. The number of carbonyl (C=O) groups is 1. The van der Waals surface area contributed by atoms with Crippen LogP contribution in [0.5, 0.6) is 11.5 Å². The number of hydrogen-bond acceptors (Lipinski definition) is 5. The Bertz CT molecular complexity index is 828. The molecule has 2 aromatic carbocycles. The molecule has 2 atom stereocenters. The summed E-state index contributed by atoms with van der Waals surface area (Å²) in [5.41, 5.74) is 7.67. The molecule has 0 radical (unpaired) electrons. The van der Waals surface area contributed by atoms with Crippen LogP contribution < -0.4 is 11.1 Å². The molecule has 2 unspecified atom stereocenters. The van der Waals surface area contributed by atoms with Crippen LogP contribution in [0.4, 0.5) is 0 Å². The van der Waals surface area contributed by atoms with E-state index in [1.54, 1.807) is 0 Å². The highest BCUT2D eigenvalue weighted by Gasteiger charge is 2.24. The number of aliphatic hydroxyl groups excluding tert-OH is 1. The van der Waals surface area contributed by atoms with E-state index in [1.165, 1.54) is 18.2 Å². The summed E-state index contributed by atoms with van der Waals surface area (Å²) in [6, 6.07) is 12.0. The minimum atomic E-state index is -0.876. The van der Waals surface area contributed by atoms with Crippen molar-refractivity contribution in [3.05, 3.63) is 59.2 Å². The minimum Gasteiger partial charge on any atom is -0.508 e. The first-order valence-corrected chi connectivity index (χ1v) is 9.82. The average molecular weight is 401 g/mol. The van der Waals surface area contributed by atoms with Gasteiger partial charge in [-0.3, -0.25) is 4.79 Å². The molecule has 6 heteroatoms. The molecule has 0 heterocycles. The van der Waals surface area contributed by atoms with Crippen molar-refractivity contribution in [3.8, 4) is 11.5 Å². The van der Waals surface area contributed by atoms with Crippen molar-refractivity contribution < 1.29 is 20.1 Å². The third-order valence-electron chi connectivity index (χ3n) is 5.01. The number of carbonyl (C=O) groups excluding carboxylic acids is 1. The van der Waals surface area contributed by atoms with Gasteiger partial charge in [-0.2, -0.15) is 0 Å². The van der Waals surface area contributed by atoms with Crippen LogP contribution in [0, 0.1) is 5.92 Å². The Hall–Kier alpha value is -2.57. The normalized spacial score (nSPS) is 14.0. The van der Waals surface area contributed by atoms with Gasteiger partial charge in [0, 0.05) is 18.2 Å². The van der Waals surface area contributed by atoms with Crippen molar-refractivity contribution in [1.82, 2.24) is 5.32 Å². The Kier molecular flexibility index (Phi) is 7.27. The van der Waals surface area contributed by atoms with Gasteiger partial charge in [0.15, 0.2) is 0 Å². The van der Waals surface area contributed by atoms with E-state index >= 15 is 0 Å². The number of phenolic OH excluding ortho intramolecular Hbond substituents is 2. The molecule has 29 heavy (non-hydrogen) atoms. The zero-order chi connectivity index (χ0) is 21.8. The summed E-state index contributed by atoms with van der Waals surface area (Å²) in [5, 5.41) is 32.9. The molecule has 158 valence electrons. The minimum absolute atomic E-state index is 0.0933. The van der Waals surface area contributed by atoms with Crippen molar-refractivity contribution in [2.75, 3.05) is 6.54 Å². The molecule has 0 saturated carbocycles. The van der Waals surface area contributed by atoms with E-state index < -0.39 is 6.10 Å². The second-order valence-corrected chi connectivity index (χ2v) is 8.61. The van der Waals surface area contributed by atoms with Gasteiger partial charge in [-0.15, -0.1) is 0 Å². The molecule has 0 aromatic heterocycles. The number of benzene rings is 2. The van der Waals surface area contributed by atoms with Crippen LogP contribution in [0.25, 0.3) is 0 Å². The molecule has 0 bridgehead atoms. The van der Waals surface area contributed by atoms with Gasteiger partial charge in [-0.1, -0.05) is 38.1 Å². The van der Waals surface area contributed by atoms with Crippen molar-refractivity contribution in [1.29, 1.82) is 0 Å². The second-order valence-electron chi connectivity index (χ2n) is 8.61. The number of amides is 1. The topological polar surface area (TPSA) is 116 Å². The third kappa shape index (κ3) is 6.48. The van der Waals surface area contributed by atoms with E-state index in [2.05, 4.69) is 5.32 Å². The van der Waals surface area contributed by atoms with Gasteiger partial charge in [0.05, 0.1) is 12.0 Å². The van der Waals surface area contributed by atoms with Gasteiger partial charge in [0.1, 0.15) is 11.5 Å². The maximum absolute atomic E-state index is 11.8. The lowest BCUT2D eigenvalue weighted by Gasteiger charge is -2.29. The van der Waals surface area contributed by atoms with E-state index in [4.69, 9.17) is 5.73 Å². The first-order chi connectivity index (χ1) is 13.5. The number of primary amides is 1. The number of β-amino-alcohol motifs (C(OH)–C–C–N with tert-alkyl or cyclic N) is 1. The van der Waals surface area contributed by atoms with E-state index in [0.29, 0.717) is 12.0 Å². The van der Waals surface area contributed by atoms with E-state index in [0.717, 1.165) is 11.1 Å². The zero-order valence-electron chi connectivity index (χ0n) is 17.5. The maximum atomic E-state index is 11.8. The molecular weight excluding hydrogens is 368 g/mol. The fourth-order valence-corrected chi connectivity index (χ4v) is 3.65. The first kappa shape index (κ1) is 22.7. The number of nitrogens with one attached hydrogen (secondary N) is 1. The van der Waals surface area contributed by atoms with Gasteiger partial charge >= 0.3 is 0 Å². The molecule has 2 rings (SSSR count). The van der Waals surface area contributed by atoms with E-state index in [1.807, 2.05) is 52.0 Å². The Morgan fingerprint density at radius 2 is 1.69 bits per heavy atom. The van der Waals surface area contributed by atoms with Crippen LogP contribution >= 0.6 is 0 Å². The van der Waals surface area contributed by atoms with Crippen molar-refractivity contribution in [3.63, 3.8) is 0 Å². The molecule has 0 fully saturated rings. The quantitative estimate of drug-likeness (QED) is 0.444. The van der Waals surface area contributed by atoms with Crippen molar-refractivity contribution in [2.45, 2.75) is 51.7 Å². The summed E-state index contributed by atoms with van der Waals surface area (Å²) in [6.07, 6.45) is -0.193. The summed E-state index contributed by atoms with van der Waals surface area (Å²) in [7, 11) is 0. The fraction of sp³-hybridized carbons (Fsp3) is 0.435. The molecule has 0 aliphatic rings. The maximum Gasteiger partial charge on any atom is 0.225 e. The van der Waals surface area contributed by atoms with Gasteiger partial charge in [-0.05, 0) is 55.0 Å². The molecular formula is C23H32N2O4. The van der Waals surface area contributed by atoms with Crippen LogP contribution in [0.2, 0.25) is 0 Å². The molecule has 0 spiro atoms. The Labute approximate surface area is 172 Å². The number of rotatable bonds is 9. The summed E-state index contributed by atoms with van der Waals surface area (Å²) >= 11 is 0. The fourth-order valence-electron chi connectivity index (χ4n) is 3.65. The molecule has 0 saturated heterocycles. The van der Waals surface area contributed by atoms with Crippen molar-refractivity contribution in [2.24, 2.45) is 11.7 Å². The number of nitrogens with two attached hydrogens (primary N) is 1. The van der Waals surface area contributed by atoms with E-state index in [-0.39, 0.29) is 41.3 Å². The van der Waals surface area contributed by atoms with Crippen LogP contribution in [-0.4, -0.2) is 33.3 Å². The predicted octanol–water partition coefficient (Wildman–Crippen LogP) is 2.97. The predicted molar refractivity (Wildman–Crippen MR) is 114 cm³/mol. The summed E-state index contributed by atoms with van der Waals surface area (Å²) < 4.78 is 0. The van der Waals surface area contributed by atoms with Gasteiger partial charge in [0.2, 0.25) is 5.91 Å². The largest absolute Gasteiger partial charge is 0.508 e. The highest BCUT2D eigenvalue weighted by atomic mass is 16.3. The van der Waals surface area contributed by atoms with Gasteiger partial charge in [0.25, 0.3) is 0 Å². The van der Waals surface area contributed by atoms with Crippen LogP contribution in [0.3, 0.4) is 0 Å². The highest BCUT2D eigenvalue weighted by Crippen LogP contribution is 2.27. The zero-order valence-corrected chi connectivity index (χ0v) is 17.5. The number of aliphatic hydroxyl groups is 1. The standard InChI is InChI=1S/C23H32N2O4/c1-14(2)21(22(24)29)16-7-5-6-15(8-16)12-23(3,4)25-13-20(28)17-9-18(26)11-19(27)10-17/h5-11,14,20-21,25-28H,12-13H2,1-4H3,(H2,24,29). The third-order valence-corrected chi connectivity index (χ3v) is 5.01. The van der Waals surface area contributed by atoms with Crippen molar-refractivity contribution >= 4 is 5.91 Å². The SMILES string of the molecule is CC(C)C(C(N)=O)c1cccc(CC(C)(C)NCC(O)c2cc(O)cc(O)c2)c1. The number of phenols is 2.